The molecule has 1 N–H and O–H groups in total. The lowest BCUT2D eigenvalue weighted by molar-refractivity contribution is -0.137. The van der Waals surface area contributed by atoms with Gasteiger partial charge in [0.05, 0.1) is 18.4 Å². The number of anilines is 1. The van der Waals surface area contributed by atoms with E-state index < -0.39 is 17.6 Å². The quantitative estimate of drug-likeness (QED) is 0.892. The highest BCUT2D eigenvalue weighted by atomic mass is 35.5. The number of carbonyl (C=O) groups excluding carboxylic acids is 1. The Morgan fingerprint density at radius 3 is 2.55 bits per heavy atom. The SMILES string of the molecule is COc1ccc(Cl)cc1NC(=O)c1cccc(C(F)(F)F)c1. The molecule has 0 fully saturated rings. The molecule has 0 unspecified atom stereocenters. The molecule has 2 rings (SSSR count). The van der Waals surface area contributed by atoms with Crippen molar-refractivity contribution in [2.24, 2.45) is 0 Å². The van der Waals surface area contributed by atoms with Gasteiger partial charge in [0.2, 0.25) is 0 Å². The van der Waals surface area contributed by atoms with Crippen LogP contribution in [0.4, 0.5) is 18.9 Å². The normalized spacial score (nSPS) is 11.1. The van der Waals surface area contributed by atoms with Gasteiger partial charge in [-0.05, 0) is 36.4 Å². The van der Waals surface area contributed by atoms with Crippen molar-refractivity contribution in [1.29, 1.82) is 0 Å². The first-order valence-electron chi connectivity index (χ1n) is 6.13. The van der Waals surface area contributed by atoms with Crippen molar-refractivity contribution in [1.82, 2.24) is 0 Å². The molecule has 0 atom stereocenters. The van der Waals surface area contributed by atoms with Gasteiger partial charge in [-0.2, -0.15) is 13.2 Å². The second kappa shape index (κ2) is 6.27. The second-order valence-corrected chi connectivity index (χ2v) is 4.81. The molecule has 7 heteroatoms. The van der Waals surface area contributed by atoms with E-state index in [1.165, 1.54) is 25.3 Å². The van der Waals surface area contributed by atoms with Gasteiger partial charge in [-0.1, -0.05) is 17.7 Å². The number of nitrogens with one attached hydrogen (secondary N) is 1. The molecule has 0 aromatic heterocycles. The number of hydrogen-bond donors (Lipinski definition) is 1. The number of rotatable bonds is 3. The molecule has 1 amide bonds. The minimum absolute atomic E-state index is 0.114. The summed E-state index contributed by atoms with van der Waals surface area (Å²) in [5.41, 5.74) is -0.729. The van der Waals surface area contributed by atoms with Crippen LogP contribution in [0.3, 0.4) is 0 Å². The monoisotopic (exact) mass is 329 g/mol. The molecule has 22 heavy (non-hydrogen) atoms. The molecule has 0 bridgehead atoms. The maximum Gasteiger partial charge on any atom is 0.416 e. The summed E-state index contributed by atoms with van der Waals surface area (Å²) in [7, 11) is 1.41. The molecule has 0 heterocycles. The minimum Gasteiger partial charge on any atom is -0.495 e. The van der Waals surface area contributed by atoms with Crippen LogP contribution in [0.5, 0.6) is 5.75 Å². The summed E-state index contributed by atoms with van der Waals surface area (Å²) in [6, 6.07) is 8.72. The van der Waals surface area contributed by atoms with Crippen molar-refractivity contribution in [3.05, 3.63) is 58.6 Å². The predicted octanol–water partition coefficient (Wildman–Crippen LogP) is 4.62. The number of ether oxygens (including phenoxy) is 1. The fourth-order valence-electron chi connectivity index (χ4n) is 1.81. The number of benzene rings is 2. The van der Waals surface area contributed by atoms with Crippen LogP contribution >= 0.6 is 11.6 Å². The maximum absolute atomic E-state index is 12.7. The van der Waals surface area contributed by atoms with E-state index in [1.807, 2.05) is 0 Å². The van der Waals surface area contributed by atoms with E-state index in [9.17, 15) is 18.0 Å². The number of carbonyl (C=O) groups is 1. The van der Waals surface area contributed by atoms with Crippen LogP contribution in [0, 0.1) is 0 Å². The van der Waals surface area contributed by atoms with E-state index >= 15 is 0 Å². The zero-order valence-corrected chi connectivity index (χ0v) is 12.1. The Labute approximate surface area is 129 Å². The Kier molecular flexibility index (Phi) is 4.61. The third kappa shape index (κ3) is 3.71. The Morgan fingerprint density at radius 2 is 1.91 bits per heavy atom. The van der Waals surface area contributed by atoms with Crippen molar-refractivity contribution < 1.29 is 22.7 Å². The summed E-state index contributed by atoms with van der Waals surface area (Å²) in [6.45, 7) is 0. The van der Waals surface area contributed by atoms with Crippen molar-refractivity contribution >= 4 is 23.2 Å². The molecule has 0 aliphatic rings. The third-order valence-corrected chi connectivity index (χ3v) is 3.10. The largest absolute Gasteiger partial charge is 0.495 e. The maximum atomic E-state index is 12.7. The lowest BCUT2D eigenvalue weighted by atomic mass is 10.1. The smallest absolute Gasteiger partial charge is 0.416 e. The van der Waals surface area contributed by atoms with Gasteiger partial charge < -0.3 is 10.1 Å². The molecule has 0 aliphatic heterocycles. The van der Waals surface area contributed by atoms with Crippen molar-refractivity contribution in [2.45, 2.75) is 6.18 Å². The van der Waals surface area contributed by atoms with Gasteiger partial charge in [0, 0.05) is 10.6 Å². The van der Waals surface area contributed by atoms with Crippen molar-refractivity contribution in [2.75, 3.05) is 12.4 Å². The highest BCUT2D eigenvalue weighted by Crippen LogP contribution is 2.31. The average molecular weight is 330 g/mol. The molecule has 116 valence electrons. The molecule has 0 radical (unpaired) electrons. The van der Waals surface area contributed by atoms with E-state index in [-0.39, 0.29) is 11.3 Å². The Morgan fingerprint density at radius 1 is 1.18 bits per heavy atom. The second-order valence-electron chi connectivity index (χ2n) is 4.38. The van der Waals surface area contributed by atoms with Crippen LogP contribution in [0.2, 0.25) is 5.02 Å². The van der Waals surface area contributed by atoms with Crippen LogP contribution < -0.4 is 10.1 Å². The van der Waals surface area contributed by atoms with Gasteiger partial charge in [-0.15, -0.1) is 0 Å². The summed E-state index contributed by atoms with van der Waals surface area (Å²) in [4.78, 5) is 12.1. The standard InChI is InChI=1S/C15H11ClF3NO2/c1-22-13-6-5-11(16)8-12(13)20-14(21)9-3-2-4-10(7-9)15(17,18)19/h2-8H,1H3,(H,20,21). The van der Waals surface area contributed by atoms with Crippen LogP contribution in [-0.2, 0) is 6.18 Å². The number of hydrogen-bond acceptors (Lipinski definition) is 2. The number of alkyl halides is 3. The Hall–Kier alpha value is -2.21. The van der Waals surface area contributed by atoms with Gasteiger partial charge in [-0.25, -0.2) is 0 Å². The van der Waals surface area contributed by atoms with Crippen LogP contribution in [0.15, 0.2) is 42.5 Å². The molecule has 0 saturated carbocycles. The lowest BCUT2D eigenvalue weighted by Gasteiger charge is -2.12. The summed E-state index contributed by atoms with van der Waals surface area (Å²) >= 11 is 5.83. The highest BCUT2D eigenvalue weighted by Gasteiger charge is 2.30. The van der Waals surface area contributed by atoms with Crippen LogP contribution in [0.1, 0.15) is 15.9 Å². The molecule has 0 aliphatic carbocycles. The first-order chi connectivity index (χ1) is 10.3. The Balaban J connectivity index is 2.28. The first-order valence-corrected chi connectivity index (χ1v) is 6.51. The van der Waals surface area contributed by atoms with Gasteiger partial charge in [0.25, 0.3) is 5.91 Å². The van der Waals surface area contributed by atoms with E-state index in [0.717, 1.165) is 12.1 Å². The minimum atomic E-state index is -4.51. The van der Waals surface area contributed by atoms with Crippen LogP contribution in [-0.4, -0.2) is 13.0 Å². The zero-order chi connectivity index (χ0) is 16.3. The predicted molar refractivity (Wildman–Crippen MR) is 77.4 cm³/mol. The number of halogens is 4. The average Bonchev–Trinajstić information content (AvgIpc) is 2.47. The molecular weight excluding hydrogens is 319 g/mol. The van der Waals surface area contributed by atoms with E-state index in [0.29, 0.717) is 10.8 Å². The molecular formula is C15H11ClF3NO2. The molecule has 2 aromatic carbocycles. The van der Waals surface area contributed by atoms with Gasteiger partial charge in [0.15, 0.2) is 0 Å². The molecule has 0 spiro atoms. The first kappa shape index (κ1) is 16.2. The zero-order valence-electron chi connectivity index (χ0n) is 11.4. The fourth-order valence-corrected chi connectivity index (χ4v) is 1.98. The summed E-state index contributed by atoms with van der Waals surface area (Å²) in [6.07, 6.45) is -4.51. The van der Waals surface area contributed by atoms with E-state index in [1.54, 1.807) is 12.1 Å². The van der Waals surface area contributed by atoms with Gasteiger partial charge in [-0.3, -0.25) is 4.79 Å². The van der Waals surface area contributed by atoms with E-state index in [4.69, 9.17) is 16.3 Å². The number of amides is 1. The van der Waals surface area contributed by atoms with Crippen molar-refractivity contribution in [3.8, 4) is 5.75 Å². The molecule has 0 saturated heterocycles. The van der Waals surface area contributed by atoms with Gasteiger partial charge in [0.1, 0.15) is 5.75 Å². The highest BCUT2D eigenvalue weighted by molar-refractivity contribution is 6.31. The lowest BCUT2D eigenvalue weighted by Crippen LogP contribution is -2.14. The molecule has 2 aromatic rings. The summed E-state index contributed by atoms with van der Waals surface area (Å²) in [5, 5.41) is 2.84. The third-order valence-electron chi connectivity index (χ3n) is 2.86. The summed E-state index contributed by atoms with van der Waals surface area (Å²) < 4.78 is 43.0. The molecule has 3 nitrogen and oxygen atoms in total. The summed E-state index contributed by atoms with van der Waals surface area (Å²) in [5.74, 6) is -0.337. The van der Waals surface area contributed by atoms with E-state index in [2.05, 4.69) is 5.32 Å². The van der Waals surface area contributed by atoms with Crippen molar-refractivity contribution in [3.63, 3.8) is 0 Å². The Bertz CT molecular complexity index is 701. The topological polar surface area (TPSA) is 38.3 Å². The number of methoxy groups -OCH3 is 1. The van der Waals surface area contributed by atoms with Crippen LogP contribution in [0.25, 0.3) is 0 Å². The fraction of sp³-hybridized carbons (Fsp3) is 0.133. The van der Waals surface area contributed by atoms with Gasteiger partial charge >= 0.3 is 6.18 Å².